The van der Waals surface area contributed by atoms with Gasteiger partial charge in [0.2, 0.25) is 0 Å². The quantitative estimate of drug-likeness (QED) is 0.320. The zero-order valence-electron chi connectivity index (χ0n) is 19.7. The van der Waals surface area contributed by atoms with Crippen molar-refractivity contribution >= 4 is 0 Å². The van der Waals surface area contributed by atoms with Crippen LogP contribution in [0.3, 0.4) is 0 Å². The molecule has 0 radical (unpaired) electrons. The standard InChI is InChI=1S/C28H41FN2/c1-3-5-7-9-22-11-13-23(14-12-22)15-16-24-17-19-26(27(29)21-24)28-20-18-25(30-31-28)10-8-6-4-2/h17-23H,3-16H2,1-2H3/t22-,23-. The number of rotatable bonds is 12. The van der Waals surface area contributed by atoms with E-state index in [4.69, 9.17) is 0 Å². The number of hydrogen-bond acceptors (Lipinski definition) is 2. The van der Waals surface area contributed by atoms with E-state index in [1.807, 2.05) is 18.2 Å². The van der Waals surface area contributed by atoms with Crippen molar-refractivity contribution in [3.8, 4) is 11.3 Å². The lowest BCUT2D eigenvalue weighted by molar-refractivity contribution is 0.249. The van der Waals surface area contributed by atoms with Crippen molar-refractivity contribution in [3.63, 3.8) is 0 Å². The Morgan fingerprint density at radius 2 is 1.48 bits per heavy atom. The Morgan fingerprint density at radius 3 is 2.13 bits per heavy atom. The number of aromatic nitrogens is 2. The van der Waals surface area contributed by atoms with Crippen LogP contribution in [0.4, 0.5) is 4.39 Å². The Morgan fingerprint density at radius 1 is 0.774 bits per heavy atom. The van der Waals surface area contributed by atoms with E-state index >= 15 is 0 Å². The highest BCUT2D eigenvalue weighted by Gasteiger charge is 2.20. The van der Waals surface area contributed by atoms with Crippen LogP contribution in [0.5, 0.6) is 0 Å². The molecule has 170 valence electrons. The minimum atomic E-state index is -0.176. The van der Waals surface area contributed by atoms with Gasteiger partial charge in [-0.1, -0.05) is 84.1 Å². The molecule has 0 saturated heterocycles. The maximum atomic E-state index is 14.8. The third kappa shape index (κ3) is 7.70. The van der Waals surface area contributed by atoms with E-state index in [-0.39, 0.29) is 5.82 Å². The molecule has 0 bridgehead atoms. The van der Waals surface area contributed by atoms with E-state index in [1.54, 1.807) is 6.07 Å². The molecule has 1 aliphatic carbocycles. The summed E-state index contributed by atoms with van der Waals surface area (Å²) in [6, 6.07) is 9.57. The van der Waals surface area contributed by atoms with Crippen LogP contribution in [0, 0.1) is 17.7 Å². The summed E-state index contributed by atoms with van der Waals surface area (Å²) in [6.07, 6.45) is 17.7. The maximum absolute atomic E-state index is 14.8. The Bertz CT molecular complexity index is 763. The molecule has 1 saturated carbocycles. The van der Waals surface area contributed by atoms with Crippen molar-refractivity contribution in [2.75, 3.05) is 0 Å². The third-order valence-corrected chi connectivity index (χ3v) is 7.09. The van der Waals surface area contributed by atoms with E-state index in [1.165, 1.54) is 70.6 Å². The maximum Gasteiger partial charge on any atom is 0.132 e. The normalized spacial score (nSPS) is 18.9. The van der Waals surface area contributed by atoms with Crippen LogP contribution in [0.2, 0.25) is 0 Å². The minimum absolute atomic E-state index is 0.176. The molecule has 0 amide bonds. The highest BCUT2D eigenvalue weighted by atomic mass is 19.1. The first-order valence-corrected chi connectivity index (χ1v) is 12.8. The minimum Gasteiger partial charge on any atom is -0.206 e. The Balaban J connectivity index is 1.46. The zero-order chi connectivity index (χ0) is 21.9. The van der Waals surface area contributed by atoms with Gasteiger partial charge in [0, 0.05) is 5.56 Å². The lowest BCUT2D eigenvalue weighted by Gasteiger charge is -2.28. The first-order chi connectivity index (χ1) is 15.2. The molecule has 0 spiro atoms. The van der Waals surface area contributed by atoms with Gasteiger partial charge in [-0.25, -0.2) is 4.39 Å². The highest BCUT2D eigenvalue weighted by molar-refractivity contribution is 5.59. The summed E-state index contributed by atoms with van der Waals surface area (Å²) in [6.45, 7) is 4.48. The number of nitrogens with zero attached hydrogens (tertiary/aromatic N) is 2. The summed E-state index contributed by atoms with van der Waals surface area (Å²) in [5, 5.41) is 8.58. The molecule has 3 rings (SSSR count). The molecule has 0 aliphatic heterocycles. The predicted octanol–water partition coefficient (Wildman–Crippen LogP) is 8.33. The Hall–Kier alpha value is -1.77. The fourth-order valence-corrected chi connectivity index (χ4v) is 4.98. The van der Waals surface area contributed by atoms with Gasteiger partial charge in [0.1, 0.15) is 5.82 Å². The van der Waals surface area contributed by atoms with Crippen molar-refractivity contribution in [3.05, 3.63) is 47.4 Å². The van der Waals surface area contributed by atoms with Crippen molar-refractivity contribution < 1.29 is 4.39 Å². The fraction of sp³-hybridized carbons (Fsp3) is 0.643. The van der Waals surface area contributed by atoms with E-state index in [2.05, 4.69) is 30.1 Å². The molecule has 0 unspecified atom stereocenters. The molecule has 31 heavy (non-hydrogen) atoms. The smallest absolute Gasteiger partial charge is 0.132 e. The second-order valence-electron chi connectivity index (χ2n) is 9.60. The van der Waals surface area contributed by atoms with Gasteiger partial charge in [0.15, 0.2) is 0 Å². The van der Waals surface area contributed by atoms with Gasteiger partial charge < -0.3 is 0 Å². The average Bonchev–Trinajstić information content (AvgIpc) is 2.80. The van der Waals surface area contributed by atoms with Crippen molar-refractivity contribution in [1.82, 2.24) is 10.2 Å². The van der Waals surface area contributed by atoms with Crippen LogP contribution >= 0.6 is 0 Å². The summed E-state index contributed by atoms with van der Waals surface area (Å²) in [7, 11) is 0. The molecule has 0 atom stereocenters. The van der Waals surface area contributed by atoms with Crippen LogP contribution in [0.1, 0.15) is 102 Å². The second kappa shape index (κ2) is 12.9. The van der Waals surface area contributed by atoms with Gasteiger partial charge in [0.05, 0.1) is 11.4 Å². The van der Waals surface area contributed by atoms with Crippen LogP contribution in [-0.4, -0.2) is 10.2 Å². The van der Waals surface area contributed by atoms with Gasteiger partial charge in [-0.15, -0.1) is 0 Å². The van der Waals surface area contributed by atoms with Gasteiger partial charge >= 0.3 is 0 Å². The zero-order valence-corrected chi connectivity index (χ0v) is 19.7. The topological polar surface area (TPSA) is 25.8 Å². The van der Waals surface area contributed by atoms with Crippen LogP contribution in [0.15, 0.2) is 30.3 Å². The number of aryl methyl sites for hydroxylation is 2. The first-order valence-electron chi connectivity index (χ1n) is 12.8. The predicted molar refractivity (Wildman–Crippen MR) is 129 cm³/mol. The van der Waals surface area contributed by atoms with Crippen molar-refractivity contribution in [2.45, 2.75) is 104 Å². The largest absolute Gasteiger partial charge is 0.206 e. The van der Waals surface area contributed by atoms with Gasteiger partial charge in [-0.2, -0.15) is 10.2 Å². The Kier molecular flexibility index (Phi) is 9.96. The van der Waals surface area contributed by atoms with Crippen LogP contribution in [0.25, 0.3) is 11.3 Å². The molecule has 2 aromatic rings. The molecule has 1 aromatic carbocycles. The highest BCUT2D eigenvalue weighted by Crippen LogP contribution is 2.34. The molecular weight excluding hydrogens is 383 g/mol. The molecular formula is C28H41FN2. The molecule has 1 fully saturated rings. The summed E-state index contributed by atoms with van der Waals surface area (Å²) >= 11 is 0. The number of halogens is 1. The number of unbranched alkanes of at least 4 members (excludes halogenated alkanes) is 4. The lowest BCUT2D eigenvalue weighted by Crippen LogP contribution is -2.15. The SMILES string of the molecule is CCCCCc1ccc(-c2ccc(CC[C@H]3CC[C@H](CCCCC)CC3)cc2F)nn1. The molecule has 1 heterocycles. The number of hydrogen-bond donors (Lipinski definition) is 0. The molecule has 2 nitrogen and oxygen atoms in total. The van der Waals surface area contributed by atoms with E-state index in [0.717, 1.165) is 42.4 Å². The summed E-state index contributed by atoms with van der Waals surface area (Å²) in [5.41, 5.74) is 3.29. The third-order valence-electron chi connectivity index (χ3n) is 7.09. The fourth-order valence-electron chi connectivity index (χ4n) is 4.98. The average molecular weight is 425 g/mol. The van der Waals surface area contributed by atoms with E-state index < -0.39 is 0 Å². The van der Waals surface area contributed by atoms with Gasteiger partial charge in [0.25, 0.3) is 0 Å². The molecule has 1 aliphatic rings. The van der Waals surface area contributed by atoms with Crippen molar-refractivity contribution in [2.24, 2.45) is 11.8 Å². The van der Waals surface area contributed by atoms with E-state index in [0.29, 0.717) is 11.3 Å². The molecule has 1 aromatic heterocycles. The van der Waals surface area contributed by atoms with Gasteiger partial charge in [-0.3, -0.25) is 0 Å². The van der Waals surface area contributed by atoms with Crippen LogP contribution in [-0.2, 0) is 12.8 Å². The second-order valence-corrected chi connectivity index (χ2v) is 9.60. The summed E-state index contributed by atoms with van der Waals surface area (Å²) in [5.74, 6) is 1.60. The van der Waals surface area contributed by atoms with Gasteiger partial charge in [-0.05, 0) is 67.3 Å². The van der Waals surface area contributed by atoms with Crippen molar-refractivity contribution in [1.29, 1.82) is 0 Å². The first kappa shape index (κ1) is 23.9. The van der Waals surface area contributed by atoms with Crippen LogP contribution < -0.4 is 0 Å². The monoisotopic (exact) mass is 424 g/mol. The molecule has 3 heteroatoms. The summed E-state index contributed by atoms with van der Waals surface area (Å²) in [4.78, 5) is 0. The Labute approximate surface area is 189 Å². The van der Waals surface area contributed by atoms with E-state index in [9.17, 15) is 4.39 Å². The lowest BCUT2D eigenvalue weighted by atomic mass is 9.78. The summed E-state index contributed by atoms with van der Waals surface area (Å²) < 4.78 is 14.8. The molecule has 0 N–H and O–H groups in total. The number of benzene rings is 1.